The molecule has 0 saturated carbocycles. The van der Waals surface area contributed by atoms with Crippen LogP contribution in [0.25, 0.3) is 0 Å². The molecule has 1 N–H and O–H groups in total. The molecule has 1 heterocycles. The lowest BCUT2D eigenvalue weighted by Gasteiger charge is -2.12. The fraction of sp³-hybridized carbons (Fsp3) is 0.231. The zero-order valence-corrected chi connectivity index (χ0v) is 10.6. The first-order valence-corrected chi connectivity index (χ1v) is 6.08. The number of aryl methyl sites for hydroxylation is 1. The first-order valence-electron chi connectivity index (χ1n) is 5.33. The van der Waals surface area contributed by atoms with Crippen LogP contribution in [0.4, 0.5) is 0 Å². The smallest absolute Gasteiger partial charge is 0.103 e. The third-order valence-corrected chi connectivity index (χ3v) is 3.42. The second-order valence-corrected chi connectivity index (χ2v) is 4.56. The molecule has 0 fully saturated rings. The number of hydrogen-bond acceptors (Lipinski definition) is 2. The molecule has 0 aliphatic rings. The normalized spacial score (nSPS) is 12.6. The molecule has 0 aliphatic heterocycles. The molecule has 2 aromatic rings. The van der Waals surface area contributed by atoms with Gasteiger partial charge in [-0.3, -0.25) is 0 Å². The Kier molecular flexibility index (Phi) is 4.11. The predicted octanol–water partition coefficient (Wildman–Crippen LogP) is 4.25. The van der Waals surface area contributed by atoms with E-state index in [4.69, 9.17) is 27.6 Å². The van der Waals surface area contributed by atoms with Gasteiger partial charge in [0.1, 0.15) is 5.76 Å². The van der Waals surface area contributed by atoms with E-state index in [1.165, 1.54) is 0 Å². The van der Waals surface area contributed by atoms with Crippen LogP contribution in [-0.2, 0) is 6.42 Å². The van der Waals surface area contributed by atoms with Crippen LogP contribution < -0.4 is 0 Å². The summed E-state index contributed by atoms with van der Waals surface area (Å²) < 4.78 is 5.20. The summed E-state index contributed by atoms with van der Waals surface area (Å²) in [5.41, 5.74) is 0.658. The largest absolute Gasteiger partial charge is 0.469 e. The minimum Gasteiger partial charge on any atom is -0.469 e. The molecule has 1 aromatic heterocycles. The molecule has 2 rings (SSSR count). The number of aliphatic hydroxyl groups is 1. The Balaban J connectivity index is 2.04. The van der Waals surface area contributed by atoms with Crippen molar-refractivity contribution in [1.29, 1.82) is 0 Å². The van der Waals surface area contributed by atoms with E-state index in [1.807, 2.05) is 12.1 Å². The summed E-state index contributed by atoms with van der Waals surface area (Å²) in [6.07, 6.45) is 2.20. The fourth-order valence-corrected chi connectivity index (χ4v) is 2.10. The van der Waals surface area contributed by atoms with Gasteiger partial charge in [0, 0.05) is 12.0 Å². The summed E-state index contributed by atoms with van der Waals surface area (Å²) in [4.78, 5) is 0. The van der Waals surface area contributed by atoms with Crippen LogP contribution in [0.2, 0.25) is 10.0 Å². The number of hydrogen-bond donors (Lipinski definition) is 1. The highest BCUT2D eigenvalue weighted by atomic mass is 35.5. The van der Waals surface area contributed by atoms with Crippen LogP contribution >= 0.6 is 23.2 Å². The summed E-state index contributed by atoms with van der Waals surface area (Å²) in [6, 6.07) is 8.97. The molecule has 4 heteroatoms. The highest BCUT2D eigenvalue weighted by Gasteiger charge is 2.13. The van der Waals surface area contributed by atoms with Crippen LogP contribution in [0.1, 0.15) is 23.8 Å². The molecule has 17 heavy (non-hydrogen) atoms. The van der Waals surface area contributed by atoms with Crippen molar-refractivity contribution in [2.24, 2.45) is 0 Å². The van der Waals surface area contributed by atoms with Gasteiger partial charge in [-0.05, 0) is 24.6 Å². The molecule has 1 aromatic carbocycles. The molecule has 2 nitrogen and oxygen atoms in total. The van der Waals surface area contributed by atoms with Gasteiger partial charge in [-0.1, -0.05) is 35.3 Å². The van der Waals surface area contributed by atoms with Crippen molar-refractivity contribution in [2.75, 3.05) is 0 Å². The molecule has 0 bridgehead atoms. The number of benzene rings is 1. The Hall–Kier alpha value is -0.960. The minimum atomic E-state index is -0.633. The lowest BCUT2D eigenvalue weighted by molar-refractivity contribution is 0.165. The third-order valence-electron chi connectivity index (χ3n) is 2.58. The van der Waals surface area contributed by atoms with Crippen molar-refractivity contribution in [2.45, 2.75) is 18.9 Å². The van der Waals surface area contributed by atoms with Crippen molar-refractivity contribution in [3.8, 4) is 0 Å². The van der Waals surface area contributed by atoms with Gasteiger partial charge in [0.25, 0.3) is 0 Å². The van der Waals surface area contributed by atoms with Crippen molar-refractivity contribution in [3.05, 3.63) is 58.0 Å². The highest BCUT2D eigenvalue weighted by Crippen LogP contribution is 2.31. The van der Waals surface area contributed by atoms with Gasteiger partial charge >= 0.3 is 0 Å². The van der Waals surface area contributed by atoms with Gasteiger partial charge in [0.2, 0.25) is 0 Å². The summed E-state index contributed by atoms with van der Waals surface area (Å²) in [7, 11) is 0. The summed E-state index contributed by atoms with van der Waals surface area (Å²) in [5, 5.41) is 10.9. The van der Waals surface area contributed by atoms with E-state index in [1.54, 1.807) is 24.5 Å². The molecular weight excluding hydrogens is 259 g/mol. The van der Waals surface area contributed by atoms with Crippen LogP contribution in [0, 0.1) is 0 Å². The maximum Gasteiger partial charge on any atom is 0.103 e. The molecule has 0 saturated heterocycles. The lowest BCUT2D eigenvalue weighted by atomic mass is 10.0. The molecule has 1 atom stereocenters. The topological polar surface area (TPSA) is 33.4 Å². The van der Waals surface area contributed by atoms with E-state index in [-0.39, 0.29) is 0 Å². The van der Waals surface area contributed by atoms with Crippen molar-refractivity contribution in [1.82, 2.24) is 0 Å². The van der Waals surface area contributed by atoms with Crippen LogP contribution in [-0.4, -0.2) is 5.11 Å². The third kappa shape index (κ3) is 3.03. The zero-order valence-electron chi connectivity index (χ0n) is 9.07. The quantitative estimate of drug-likeness (QED) is 0.901. The average molecular weight is 271 g/mol. The van der Waals surface area contributed by atoms with Crippen molar-refractivity contribution >= 4 is 23.2 Å². The molecule has 1 unspecified atom stereocenters. The van der Waals surface area contributed by atoms with E-state index in [0.29, 0.717) is 28.5 Å². The van der Waals surface area contributed by atoms with Gasteiger partial charge in [0.05, 0.1) is 22.4 Å². The number of aliphatic hydroxyl groups excluding tert-OH is 1. The maximum absolute atomic E-state index is 10.0. The van der Waals surface area contributed by atoms with Crippen molar-refractivity contribution in [3.63, 3.8) is 0 Å². The van der Waals surface area contributed by atoms with Crippen molar-refractivity contribution < 1.29 is 9.52 Å². The summed E-state index contributed by atoms with van der Waals surface area (Å²) in [6.45, 7) is 0. The molecule has 0 spiro atoms. The zero-order chi connectivity index (χ0) is 12.3. The Morgan fingerprint density at radius 1 is 1.18 bits per heavy atom. The Bertz CT molecular complexity index is 480. The Morgan fingerprint density at radius 3 is 2.71 bits per heavy atom. The fourth-order valence-electron chi connectivity index (χ4n) is 1.67. The van der Waals surface area contributed by atoms with E-state index in [0.717, 1.165) is 5.76 Å². The minimum absolute atomic E-state index is 0.418. The van der Waals surface area contributed by atoms with Crippen LogP contribution in [0.5, 0.6) is 0 Å². The molecule has 90 valence electrons. The van der Waals surface area contributed by atoms with E-state index >= 15 is 0 Å². The maximum atomic E-state index is 10.0. The van der Waals surface area contributed by atoms with E-state index < -0.39 is 6.10 Å². The lowest BCUT2D eigenvalue weighted by Crippen LogP contribution is -2.00. The Labute approximate surface area is 110 Å². The highest BCUT2D eigenvalue weighted by molar-refractivity contribution is 6.42. The van der Waals surface area contributed by atoms with Gasteiger partial charge in [-0.2, -0.15) is 0 Å². The van der Waals surface area contributed by atoms with Gasteiger partial charge in [-0.25, -0.2) is 0 Å². The second kappa shape index (κ2) is 5.58. The first-order chi connectivity index (χ1) is 8.18. The predicted molar refractivity (Wildman–Crippen MR) is 68.5 cm³/mol. The van der Waals surface area contributed by atoms with E-state index in [2.05, 4.69) is 0 Å². The van der Waals surface area contributed by atoms with E-state index in [9.17, 15) is 5.11 Å². The summed E-state index contributed by atoms with van der Waals surface area (Å²) in [5.74, 6) is 0.849. The average Bonchev–Trinajstić information content (AvgIpc) is 2.82. The molecule has 0 aliphatic carbocycles. The van der Waals surface area contributed by atoms with Crippen LogP contribution in [0.3, 0.4) is 0 Å². The standard InChI is InChI=1S/C13H12Cl2O2/c14-11-5-1-4-10(13(11)15)12(16)7-6-9-3-2-8-17-9/h1-5,8,12,16H,6-7H2. The first kappa shape index (κ1) is 12.5. The number of rotatable bonds is 4. The summed E-state index contributed by atoms with van der Waals surface area (Å²) >= 11 is 11.9. The SMILES string of the molecule is OC(CCc1ccco1)c1cccc(Cl)c1Cl. The van der Waals surface area contributed by atoms with Crippen LogP contribution in [0.15, 0.2) is 41.0 Å². The monoisotopic (exact) mass is 270 g/mol. The second-order valence-electron chi connectivity index (χ2n) is 3.78. The van der Waals surface area contributed by atoms with Gasteiger partial charge in [-0.15, -0.1) is 0 Å². The Morgan fingerprint density at radius 2 is 2.00 bits per heavy atom. The molecular formula is C13H12Cl2O2. The molecule has 0 amide bonds. The molecule has 0 radical (unpaired) electrons. The number of furan rings is 1. The van der Waals surface area contributed by atoms with Gasteiger partial charge in [0.15, 0.2) is 0 Å². The number of halogens is 2. The van der Waals surface area contributed by atoms with Gasteiger partial charge < -0.3 is 9.52 Å².